The summed E-state index contributed by atoms with van der Waals surface area (Å²) in [5.74, 6) is -0.546. The number of aryl methyl sites for hydroxylation is 1. The van der Waals surface area contributed by atoms with Crippen molar-refractivity contribution in [2.75, 3.05) is 11.9 Å². The van der Waals surface area contributed by atoms with Crippen LogP contribution in [0, 0.1) is 18.6 Å². The molecule has 0 saturated carbocycles. The summed E-state index contributed by atoms with van der Waals surface area (Å²) in [4.78, 5) is 4.20. The minimum atomic E-state index is -0.625. The number of nitrogens with zero attached hydrogens (tertiary/aromatic N) is 1. The first kappa shape index (κ1) is 11.8. The Kier molecular flexibility index (Phi) is 3.22. The first-order chi connectivity index (χ1) is 8.11. The molecule has 0 radical (unpaired) electrons. The van der Waals surface area contributed by atoms with Gasteiger partial charge in [-0.3, -0.25) is 0 Å². The summed E-state index contributed by atoms with van der Waals surface area (Å²) in [6.07, 6.45) is 0.963. The van der Waals surface area contributed by atoms with Crippen LogP contribution >= 0.6 is 0 Å². The summed E-state index contributed by atoms with van der Waals surface area (Å²) in [7, 11) is 0. The van der Waals surface area contributed by atoms with Gasteiger partial charge in [0.15, 0.2) is 5.82 Å². The van der Waals surface area contributed by atoms with E-state index in [0.29, 0.717) is 11.2 Å². The zero-order valence-electron chi connectivity index (χ0n) is 9.85. The topological polar surface area (TPSA) is 24.9 Å². The average molecular weight is 236 g/mol. The average Bonchev–Trinajstić information content (AvgIpc) is 2.26. The first-order valence-corrected chi connectivity index (χ1v) is 5.62. The third-order valence-electron chi connectivity index (χ3n) is 2.57. The Morgan fingerprint density at radius 3 is 2.71 bits per heavy atom. The van der Waals surface area contributed by atoms with Crippen LogP contribution in [0.4, 0.5) is 14.6 Å². The van der Waals surface area contributed by atoms with Gasteiger partial charge in [0.2, 0.25) is 0 Å². The van der Waals surface area contributed by atoms with Crippen molar-refractivity contribution in [2.45, 2.75) is 20.3 Å². The molecule has 0 spiro atoms. The second-order valence-corrected chi connectivity index (χ2v) is 4.04. The minimum absolute atomic E-state index is 0.204. The van der Waals surface area contributed by atoms with Crippen LogP contribution in [-0.2, 0) is 0 Å². The van der Waals surface area contributed by atoms with Gasteiger partial charge < -0.3 is 5.32 Å². The highest BCUT2D eigenvalue weighted by Gasteiger charge is 2.08. The van der Waals surface area contributed by atoms with E-state index in [1.807, 2.05) is 13.8 Å². The van der Waals surface area contributed by atoms with Crippen LogP contribution in [0.1, 0.15) is 18.9 Å². The number of nitrogens with one attached hydrogen (secondary N) is 1. The van der Waals surface area contributed by atoms with Gasteiger partial charge in [-0.1, -0.05) is 6.92 Å². The van der Waals surface area contributed by atoms with Gasteiger partial charge in [0.05, 0.1) is 0 Å². The van der Waals surface area contributed by atoms with Gasteiger partial charge in [0.1, 0.15) is 17.2 Å². The number of pyridine rings is 1. The Morgan fingerprint density at radius 2 is 2.00 bits per heavy atom. The number of aromatic nitrogens is 1. The van der Waals surface area contributed by atoms with Gasteiger partial charge in [-0.25, -0.2) is 13.8 Å². The second kappa shape index (κ2) is 4.65. The standard InChI is InChI=1S/C13H14F2N2/c1-3-4-16-13-8(2)5-9-6-10(14)7-11(15)12(9)17-13/h5-7H,3-4H2,1-2H3,(H,16,17). The number of anilines is 1. The lowest BCUT2D eigenvalue weighted by atomic mass is 10.1. The van der Waals surface area contributed by atoms with Crippen LogP contribution < -0.4 is 5.32 Å². The highest BCUT2D eigenvalue weighted by atomic mass is 19.1. The molecular weight excluding hydrogens is 222 g/mol. The fourth-order valence-electron chi connectivity index (χ4n) is 1.74. The van der Waals surface area contributed by atoms with Gasteiger partial charge in [-0.2, -0.15) is 0 Å². The van der Waals surface area contributed by atoms with Crippen molar-refractivity contribution in [1.82, 2.24) is 4.98 Å². The maximum absolute atomic E-state index is 13.6. The molecule has 0 aliphatic carbocycles. The highest BCUT2D eigenvalue weighted by molar-refractivity contribution is 5.82. The summed E-state index contributed by atoms with van der Waals surface area (Å²) in [6.45, 7) is 4.69. The Bertz CT molecular complexity index is 553. The summed E-state index contributed by atoms with van der Waals surface area (Å²) >= 11 is 0. The monoisotopic (exact) mass is 236 g/mol. The Hall–Kier alpha value is -1.71. The van der Waals surface area contributed by atoms with Crippen LogP contribution in [0.2, 0.25) is 0 Å². The van der Waals surface area contributed by atoms with Crippen molar-refractivity contribution in [2.24, 2.45) is 0 Å². The number of benzene rings is 1. The molecule has 90 valence electrons. The largest absolute Gasteiger partial charge is 0.370 e. The summed E-state index contributed by atoms with van der Waals surface area (Å²) in [6, 6.07) is 3.89. The SMILES string of the molecule is CCCNc1nc2c(F)cc(F)cc2cc1C. The smallest absolute Gasteiger partial charge is 0.152 e. The molecule has 0 aliphatic rings. The van der Waals surface area contributed by atoms with E-state index in [1.54, 1.807) is 6.07 Å². The van der Waals surface area contributed by atoms with Crippen LogP contribution in [-0.4, -0.2) is 11.5 Å². The quantitative estimate of drug-likeness (QED) is 0.880. The van der Waals surface area contributed by atoms with Crippen molar-refractivity contribution in [3.63, 3.8) is 0 Å². The molecule has 0 saturated heterocycles. The fourth-order valence-corrected chi connectivity index (χ4v) is 1.74. The van der Waals surface area contributed by atoms with Gasteiger partial charge in [0, 0.05) is 18.0 Å². The lowest BCUT2D eigenvalue weighted by Crippen LogP contribution is -2.04. The number of rotatable bonds is 3. The van der Waals surface area contributed by atoms with Crippen LogP contribution in [0.15, 0.2) is 18.2 Å². The Labute approximate surface area is 98.7 Å². The number of hydrogen-bond donors (Lipinski definition) is 1. The second-order valence-electron chi connectivity index (χ2n) is 4.04. The van der Waals surface area contributed by atoms with Crippen LogP contribution in [0.5, 0.6) is 0 Å². The van der Waals surface area contributed by atoms with E-state index < -0.39 is 11.6 Å². The molecule has 1 heterocycles. The zero-order chi connectivity index (χ0) is 12.4. The molecule has 4 heteroatoms. The molecule has 0 atom stereocenters. The van der Waals surface area contributed by atoms with Gasteiger partial charge >= 0.3 is 0 Å². The van der Waals surface area contributed by atoms with E-state index in [1.165, 1.54) is 6.07 Å². The molecule has 1 aromatic heterocycles. The highest BCUT2D eigenvalue weighted by Crippen LogP contribution is 2.23. The van der Waals surface area contributed by atoms with E-state index in [2.05, 4.69) is 10.3 Å². The zero-order valence-corrected chi connectivity index (χ0v) is 9.85. The van der Waals surface area contributed by atoms with Gasteiger partial charge in [0.25, 0.3) is 0 Å². The molecule has 2 nitrogen and oxygen atoms in total. The lowest BCUT2D eigenvalue weighted by Gasteiger charge is -2.09. The fraction of sp³-hybridized carbons (Fsp3) is 0.308. The predicted molar refractivity (Wildman–Crippen MR) is 65.2 cm³/mol. The molecule has 0 aliphatic heterocycles. The summed E-state index contributed by atoms with van der Waals surface area (Å²) < 4.78 is 26.6. The molecule has 17 heavy (non-hydrogen) atoms. The summed E-state index contributed by atoms with van der Waals surface area (Å²) in [5, 5.41) is 3.61. The maximum Gasteiger partial charge on any atom is 0.152 e. The van der Waals surface area contributed by atoms with E-state index in [0.717, 1.165) is 24.6 Å². The normalized spacial score (nSPS) is 10.8. The van der Waals surface area contributed by atoms with Crippen molar-refractivity contribution < 1.29 is 8.78 Å². The van der Waals surface area contributed by atoms with Crippen molar-refractivity contribution in [3.05, 3.63) is 35.4 Å². The van der Waals surface area contributed by atoms with Crippen molar-refractivity contribution >= 4 is 16.7 Å². The van der Waals surface area contributed by atoms with Crippen LogP contribution in [0.25, 0.3) is 10.9 Å². The third kappa shape index (κ3) is 2.35. The Balaban J connectivity index is 2.55. The van der Waals surface area contributed by atoms with Gasteiger partial charge in [-0.05, 0) is 31.0 Å². The van der Waals surface area contributed by atoms with E-state index >= 15 is 0 Å². The molecule has 1 aromatic carbocycles. The van der Waals surface area contributed by atoms with Crippen molar-refractivity contribution in [3.8, 4) is 0 Å². The van der Waals surface area contributed by atoms with E-state index in [9.17, 15) is 8.78 Å². The minimum Gasteiger partial charge on any atom is -0.370 e. The maximum atomic E-state index is 13.6. The molecule has 0 unspecified atom stereocenters. The van der Waals surface area contributed by atoms with Gasteiger partial charge in [-0.15, -0.1) is 0 Å². The van der Waals surface area contributed by atoms with E-state index in [-0.39, 0.29) is 5.52 Å². The molecule has 0 amide bonds. The van der Waals surface area contributed by atoms with Crippen molar-refractivity contribution in [1.29, 1.82) is 0 Å². The number of halogens is 2. The number of hydrogen-bond acceptors (Lipinski definition) is 2. The predicted octanol–water partition coefficient (Wildman–Crippen LogP) is 3.64. The Morgan fingerprint density at radius 1 is 1.24 bits per heavy atom. The molecule has 0 bridgehead atoms. The van der Waals surface area contributed by atoms with E-state index in [4.69, 9.17) is 0 Å². The first-order valence-electron chi connectivity index (χ1n) is 5.62. The molecule has 0 fully saturated rings. The molecule has 1 N–H and O–H groups in total. The number of fused-ring (bicyclic) bond motifs is 1. The molecule has 2 rings (SSSR count). The molecule has 2 aromatic rings. The summed E-state index contributed by atoms with van der Waals surface area (Å²) in [5.41, 5.74) is 1.09. The molecular formula is C13H14F2N2. The third-order valence-corrected chi connectivity index (χ3v) is 2.57. The van der Waals surface area contributed by atoms with Crippen LogP contribution in [0.3, 0.4) is 0 Å². The lowest BCUT2D eigenvalue weighted by molar-refractivity contribution is 0.590.